The molecule has 0 amide bonds. The van der Waals surface area contributed by atoms with Crippen LogP contribution in [0.25, 0.3) is 0 Å². The van der Waals surface area contributed by atoms with Gasteiger partial charge in [-0.15, -0.1) is 10.2 Å². The van der Waals surface area contributed by atoms with Crippen LogP contribution >= 0.6 is 0 Å². The third kappa shape index (κ3) is 7.19. The summed E-state index contributed by atoms with van der Waals surface area (Å²) in [5, 5.41) is 78.1. The molecule has 0 saturated carbocycles. The third-order valence-corrected chi connectivity index (χ3v) is 3.52. The van der Waals surface area contributed by atoms with Crippen LogP contribution in [0.3, 0.4) is 0 Å². The lowest BCUT2D eigenvalue weighted by molar-refractivity contribution is -0.164. The van der Waals surface area contributed by atoms with Gasteiger partial charge in [-0.2, -0.15) is 0 Å². The minimum atomic E-state index is -2.20. The molecule has 4 atom stereocenters. The summed E-state index contributed by atoms with van der Waals surface area (Å²) in [6.07, 6.45) is -4.95. The van der Waals surface area contributed by atoms with Crippen molar-refractivity contribution in [1.82, 2.24) is 0 Å². The highest BCUT2D eigenvalue weighted by Crippen LogP contribution is 2.12. The first-order chi connectivity index (χ1) is 14.2. The van der Waals surface area contributed by atoms with E-state index in [-0.39, 0.29) is 5.56 Å². The quantitative estimate of drug-likeness (QED) is 0.281. The molecule has 0 bridgehead atoms. The van der Waals surface area contributed by atoms with Gasteiger partial charge in [0.15, 0.2) is 6.10 Å². The predicted octanol–water partition coefficient (Wildman–Crippen LogP) is -1.06. The molecule has 0 aliphatic carbocycles. The van der Waals surface area contributed by atoms with E-state index in [1.165, 1.54) is 18.3 Å². The maximum Gasteiger partial charge on any atom is 0.336 e. The standard InChI is InChI=1S/C10H7N5O2.C6H12O7/c16-10(17)8-4-2-1-3-7(8)9-5-6-11-13-15-14-12-9;7-1-2(8)3(9)4(10)5(11)6(12)13/h1-6H,(H,16,17);2-5,7-11H,1H2,(H,12,13)/t;2-,3-,4+,5-/m.1/s1. The molecule has 162 valence electrons. The van der Waals surface area contributed by atoms with Gasteiger partial charge >= 0.3 is 11.9 Å². The first-order valence-corrected chi connectivity index (χ1v) is 8.13. The molecule has 2 rings (SSSR count). The Morgan fingerprint density at radius 1 is 0.933 bits per heavy atom. The second-order valence-electron chi connectivity index (χ2n) is 5.55. The van der Waals surface area contributed by atoms with Crippen LogP contribution in [0.15, 0.2) is 62.4 Å². The van der Waals surface area contributed by atoms with Crippen LogP contribution in [-0.4, -0.2) is 84.4 Å². The molecule has 7 N–H and O–H groups in total. The van der Waals surface area contributed by atoms with Crippen molar-refractivity contribution < 1.29 is 45.3 Å². The van der Waals surface area contributed by atoms with Crippen molar-refractivity contribution in [2.24, 2.45) is 25.9 Å². The Morgan fingerprint density at radius 3 is 2.20 bits per heavy atom. The van der Waals surface area contributed by atoms with Crippen LogP contribution < -0.4 is 0 Å². The number of aromatic carboxylic acids is 1. The molecule has 14 nitrogen and oxygen atoms in total. The van der Waals surface area contributed by atoms with E-state index in [9.17, 15) is 9.59 Å². The summed E-state index contributed by atoms with van der Waals surface area (Å²) in [6.45, 7) is -0.843. The van der Waals surface area contributed by atoms with Crippen LogP contribution in [0.1, 0.15) is 15.9 Å². The summed E-state index contributed by atoms with van der Waals surface area (Å²) < 4.78 is 0. The first-order valence-electron chi connectivity index (χ1n) is 8.13. The molecule has 1 aliphatic heterocycles. The topological polar surface area (TPSA) is 238 Å². The fraction of sp³-hybridized carbons (Fsp3) is 0.312. The number of aliphatic hydroxyl groups is 5. The van der Waals surface area contributed by atoms with Crippen LogP contribution in [-0.2, 0) is 4.79 Å². The Bertz CT molecular complexity index is 855. The van der Waals surface area contributed by atoms with Crippen LogP contribution in [0, 0.1) is 0 Å². The average molecular weight is 425 g/mol. The zero-order chi connectivity index (χ0) is 22.7. The van der Waals surface area contributed by atoms with Crippen molar-refractivity contribution in [2.45, 2.75) is 24.4 Å². The first kappa shape index (κ1) is 24.6. The van der Waals surface area contributed by atoms with E-state index >= 15 is 0 Å². The number of benzene rings is 1. The molecule has 1 aliphatic rings. The molecule has 0 saturated heterocycles. The Labute approximate surface area is 168 Å². The van der Waals surface area contributed by atoms with Gasteiger partial charge in [0.25, 0.3) is 0 Å². The maximum atomic E-state index is 11.0. The molecular weight excluding hydrogens is 406 g/mol. The van der Waals surface area contributed by atoms with Gasteiger partial charge in [-0.05, 0) is 27.8 Å². The lowest BCUT2D eigenvalue weighted by atomic mass is 10.0. The van der Waals surface area contributed by atoms with Crippen molar-refractivity contribution in [3.63, 3.8) is 0 Å². The van der Waals surface area contributed by atoms with E-state index in [0.717, 1.165) is 0 Å². The number of aliphatic carboxylic acids is 1. The van der Waals surface area contributed by atoms with Gasteiger partial charge in [0, 0.05) is 5.56 Å². The van der Waals surface area contributed by atoms with Gasteiger partial charge in [0.05, 0.1) is 24.1 Å². The summed E-state index contributed by atoms with van der Waals surface area (Å²) >= 11 is 0. The number of hydrogen-bond donors (Lipinski definition) is 7. The van der Waals surface area contributed by atoms with Gasteiger partial charge in [0.1, 0.15) is 18.3 Å². The second-order valence-corrected chi connectivity index (χ2v) is 5.55. The molecule has 1 heterocycles. The van der Waals surface area contributed by atoms with E-state index in [2.05, 4.69) is 25.9 Å². The number of allylic oxidation sites excluding steroid dienone is 1. The fourth-order valence-corrected chi connectivity index (χ4v) is 1.98. The fourth-order valence-electron chi connectivity index (χ4n) is 1.98. The maximum absolute atomic E-state index is 11.0. The largest absolute Gasteiger partial charge is 0.479 e. The zero-order valence-electron chi connectivity index (χ0n) is 15.2. The van der Waals surface area contributed by atoms with Gasteiger partial charge in [0.2, 0.25) is 0 Å². The minimum Gasteiger partial charge on any atom is -0.479 e. The number of rotatable bonds is 7. The number of carboxylic acids is 2. The second kappa shape index (κ2) is 12.2. The monoisotopic (exact) mass is 425 g/mol. The molecule has 0 fully saturated rings. The van der Waals surface area contributed by atoms with E-state index < -0.39 is 43.0 Å². The van der Waals surface area contributed by atoms with Gasteiger partial charge in [-0.25, -0.2) is 9.59 Å². The highest BCUT2D eigenvalue weighted by atomic mass is 16.4. The lowest BCUT2D eigenvalue weighted by Gasteiger charge is -2.23. The number of hydrogen-bond acceptors (Lipinski definition) is 12. The van der Waals surface area contributed by atoms with Crippen molar-refractivity contribution in [3.05, 3.63) is 47.7 Å². The third-order valence-electron chi connectivity index (χ3n) is 3.52. The van der Waals surface area contributed by atoms with Crippen LogP contribution in [0.2, 0.25) is 0 Å². The van der Waals surface area contributed by atoms with Crippen LogP contribution in [0.4, 0.5) is 0 Å². The van der Waals surface area contributed by atoms with E-state index in [1.807, 2.05) is 0 Å². The molecule has 1 aromatic carbocycles. The van der Waals surface area contributed by atoms with Crippen molar-refractivity contribution in [3.8, 4) is 0 Å². The summed E-state index contributed by atoms with van der Waals surface area (Å²) in [6, 6.07) is 6.49. The SMILES string of the molecule is O=C(O)[C@H](O)[C@@H](O)[C@H](O)[C@H](O)CO.O=C(O)c1ccccc1C1=NN=NN=NC=C1. The van der Waals surface area contributed by atoms with Crippen LogP contribution in [0.5, 0.6) is 0 Å². The zero-order valence-corrected chi connectivity index (χ0v) is 15.2. The van der Waals surface area contributed by atoms with E-state index in [1.54, 1.807) is 18.2 Å². The Hall–Kier alpha value is -3.43. The smallest absolute Gasteiger partial charge is 0.336 e. The number of carboxylic acid groups (broad SMARTS) is 2. The molecule has 30 heavy (non-hydrogen) atoms. The number of aliphatic hydroxyl groups excluding tert-OH is 5. The van der Waals surface area contributed by atoms with Crippen molar-refractivity contribution in [1.29, 1.82) is 0 Å². The number of carbonyl (C=O) groups is 2. The molecule has 0 radical (unpaired) electrons. The van der Waals surface area contributed by atoms with E-state index in [0.29, 0.717) is 11.3 Å². The normalized spacial score (nSPS) is 16.8. The Balaban J connectivity index is 0.000000314. The van der Waals surface area contributed by atoms with E-state index in [4.69, 9.17) is 35.7 Å². The Kier molecular flexibility index (Phi) is 10.0. The molecular formula is C16H19N5O9. The average Bonchev–Trinajstić information content (AvgIpc) is 2.71. The summed E-state index contributed by atoms with van der Waals surface area (Å²) in [7, 11) is 0. The summed E-state index contributed by atoms with van der Waals surface area (Å²) in [5.41, 5.74) is 0.960. The Morgan fingerprint density at radius 2 is 1.60 bits per heavy atom. The van der Waals surface area contributed by atoms with Crippen molar-refractivity contribution in [2.75, 3.05) is 6.61 Å². The lowest BCUT2D eigenvalue weighted by Crippen LogP contribution is -2.48. The highest BCUT2D eigenvalue weighted by Gasteiger charge is 2.33. The molecule has 0 spiro atoms. The molecule has 0 unspecified atom stereocenters. The number of nitrogens with zero attached hydrogens (tertiary/aromatic N) is 5. The van der Waals surface area contributed by atoms with Crippen molar-refractivity contribution >= 4 is 17.7 Å². The summed E-state index contributed by atoms with van der Waals surface area (Å²) in [5.74, 6) is -2.76. The minimum absolute atomic E-state index is 0.142. The van der Waals surface area contributed by atoms with Gasteiger partial charge in [-0.3, -0.25) is 0 Å². The van der Waals surface area contributed by atoms with Gasteiger partial charge in [-0.1, -0.05) is 18.2 Å². The molecule has 14 heteroatoms. The van der Waals surface area contributed by atoms with Gasteiger partial charge < -0.3 is 35.7 Å². The summed E-state index contributed by atoms with van der Waals surface area (Å²) in [4.78, 5) is 21.1. The molecule has 0 aromatic heterocycles. The molecule has 1 aromatic rings. The highest BCUT2D eigenvalue weighted by molar-refractivity contribution is 6.14. The predicted molar refractivity (Wildman–Crippen MR) is 97.5 cm³/mol.